The van der Waals surface area contributed by atoms with Crippen molar-refractivity contribution >= 4 is 16.0 Å². The first-order chi connectivity index (χ1) is 9.25. The van der Waals surface area contributed by atoms with Gasteiger partial charge in [-0.15, -0.1) is 0 Å². The van der Waals surface area contributed by atoms with Crippen LogP contribution in [0.2, 0.25) is 0 Å². The topological polar surface area (TPSA) is 74.7 Å². The third-order valence-electron chi connectivity index (χ3n) is 3.39. The zero-order valence-electron chi connectivity index (χ0n) is 10.6. The molecule has 2 atom stereocenters. The molecule has 2 unspecified atom stereocenters. The fourth-order valence-electron chi connectivity index (χ4n) is 2.35. The number of sulfonamides is 1. The lowest BCUT2D eigenvalue weighted by atomic mass is 10.0. The fraction of sp³-hybridized carbons (Fsp3) is 0.417. The molecular formula is C12H13F2NO4S. The summed E-state index contributed by atoms with van der Waals surface area (Å²) in [6.07, 6.45) is 0.354. The van der Waals surface area contributed by atoms with E-state index < -0.39 is 38.6 Å². The van der Waals surface area contributed by atoms with E-state index in [9.17, 15) is 22.0 Å². The summed E-state index contributed by atoms with van der Waals surface area (Å²) in [6, 6.07) is 0.808. The van der Waals surface area contributed by atoms with Gasteiger partial charge in [0, 0.05) is 6.54 Å². The highest BCUT2D eigenvalue weighted by atomic mass is 32.2. The molecule has 0 saturated carbocycles. The summed E-state index contributed by atoms with van der Waals surface area (Å²) in [6.45, 7) is 1.58. The molecule has 0 aliphatic carbocycles. The third-order valence-corrected chi connectivity index (χ3v) is 5.28. The van der Waals surface area contributed by atoms with Crippen molar-refractivity contribution in [1.29, 1.82) is 0 Å². The van der Waals surface area contributed by atoms with Crippen LogP contribution in [-0.2, 0) is 14.8 Å². The third kappa shape index (κ3) is 2.40. The molecule has 0 aromatic heterocycles. The number of hydrogen-bond acceptors (Lipinski definition) is 3. The Hall–Kier alpha value is -1.54. The Morgan fingerprint density at radius 3 is 2.65 bits per heavy atom. The van der Waals surface area contributed by atoms with Crippen LogP contribution >= 0.6 is 0 Å². The number of carboxylic acid groups (broad SMARTS) is 1. The maximum atomic E-state index is 13.6. The van der Waals surface area contributed by atoms with E-state index >= 15 is 0 Å². The van der Waals surface area contributed by atoms with Crippen molar-refractivity contribution in [3.63, 3.8) is 0 Å². The maximum Gasteiger partial charge on any atom is 0.322 e. The van der Waals surface area contributed by atoms with Crippen LogP contribution in [-0.4, -0.2) is 36.4 Å². The largest absolute Gasteiger partial charge is 0.480 e. The van der Waals surface area contributed by atoms with Crippen LogP contribution in [0.25, 0.3) is 0 Å². The van der Waals surface area contributed by atoms with Crippen LogP contribution in [0.4, 0.5) is 8.78 Å². The van der Waals surface area contributed by atoms with E-state index in [0.717, 1.165) is 10.4 Å². The minimum atomic E-state index is -4.38. The molecule has 1 aromatic carbocycles. The SMILES string of the molecule is CC1CCN(S(=O)(=O)c2cc(F)ccc2F)C1C(=O)O. The Morgan fingerprint density at radius 1 is 1.40 bits per heavy atom. The zero-order chi connectivity index (χ0) is 15.1. The summed E-state index contributed by atoms with van der Waals surface area (Å²) in [5.74, 6) is -3.69. The Labute approximate surface area is 114 Å². The van der Waals surface area contributed by atoms with Gasteiger partial charge in [-0.1, -0.05) is 6.92 Å². The van der Waals surface area contributed by atoms with Gasteiger partial charge in [-0.25, -0.2) is 17.2 Å². The number of carbonyl (C=O) groups is 1. The van der Waals surface area contributed by atoms with E-state index in [1.165, 1.54) is 0 Å². The van der Waals surface area contributed by atoms with Gasteiger partial charge in [0.2, 0.25) is 10.0 Å². The van der Waals surface area contributed by atoms with E-state index in [0.29, 0.717) is 18.6 Å². The number of nitrogens with zero attached hydrogens (tertiary/aromatic N) is 1. The number of aliphatic carboxylic acids is 1. The van der Waals surface area contributed by atoms with Crippen LogP contribution < -0.4 is 0 Å². The normalized spacial score (nSPS) is 23.9. The molecule has 0 amide bonds. The van der Waals surface area contributed by atoms with Crippen molar-refractivity contribution in [3.8, 4) is 0 Å². The van der Waals surface area contributed by atoms with Gasteiger partial charge in [0.15, 0.2) is 0 Å². The average molecular weight is 305 g/mol. The lowest BCUT2D eigenvalue weighted by molar-refractivity contribution is -0.141. The van der Waals surface area contributed by atoms with E-state index in [-0.39, 0.29) is 12.5 Å². The number of benzene rings is 1. The minimum Gasteiger partial charge on any atom is -0.480 e. The summed E-state index contributed by atoms with van der Waals surface area (Å²) < 4.78 is 52.1. The molecule has 2 rings (SSSR count). The second-order valence-corrected chi connectivity index (χ2v) is 6.60. The molecule has 1 saturated heterocycles. The quantitative estimate of drug-likeness (QED) is 0.917. The molecule has 8 heteroatoms. The van der Waals surface area contributed by atoms with Crippen molar-refractivity contribution in [2.75, 3.05) is 6.54 Å². The van der Waals surface area contributed by atoms with Crippen molar-refractivity contribution in [2.24, 2.45) is 5.92 Å². The van der Waals surface area contributed by atoms with Gasteiger partial charge in [0.25, 0.3) is 0 Å². The van der Waals surface area contributed by atoms with Crippen molar-refractivity contribution in [2.45, 2.75) is 24.3 Å². The van der Waals surface area contributed by atoms with Crippen LogP contribution in [0.15, 0.2) is 23.1 Å². The van der Waals surface area contributed by atoms with Crippen LogP contribution in [0, 0.1) is 17.6 Å². The maximum absolute atomic E-state index is 13.6. The predicted octanol–water partition coefficient (Wildman–Crippen LogP) is 1.45. The first-order valence-corrected chi connectivity index (χ1v) is 7.39. The number of hydrogen-bond donors (Lipinski definition) is 1. The molecule has 1 N–H and O–H groups in total. The lowest BCUT2D eigenvalue weighted by Gasteiger charge is -2.23. The zero-order valence-corrected chi connectivity index (χ0v) is 11.4. The molecule has 1 fully saturated rings. The molecular weight excluding hydrogens is 292 g/mol. The van der Waals surface area contributed by atoms with Gasteiger partial charge in [0.1, 0.15) is 22.6 Å². The molecule has 110 valence electrons. The summed E-state index contributed by atoms with van der Waals surface area (Å²) >= 11 is 0. The lowest BCUT2D eigenvalue weighted by Crippen LogP contribution is -2.42. The van der Waals surface area contributed by atoms with E-state index in [1.807, 2.05) is 0 Å². The Balaban J connectivity index is 2.50. The average Bonchev–Trinajstić information content (AvgIpc) is 2.75. The number of halogens is 2. The van der Waals surface area contributed by atoms with E-state index in [4.69, 9.17) is 5.11 Å². The number of rotatable bonds is 3. The second-order valence-electron chi connectivity index (χ2n) is 4.74. The molecule has 0 radical (unpaired) electrons. The standard InChI is InChI=1S/C12H13F2NO4S/c1-7-4-5-15(11(7)12(16)17)20(18,19)10-6-8(13)2-3-9(10)14/h2-3,6-7,11H,4-5H2,1H3,(H,16,17). The molecule has 1 heterocycles. The van der Waals surface area contributed by atoms with Crippen molar-refractivity contribution in [1.82, 2.24) is 4.31 Å². The molecule has 20 heavy (non-hydrogen) atoms. The highest BCUT2D eigenvalue weighted by Gasteiger charge is 2.44. The van der Waals surface area contributed by atoms with Crippen LogP contribution in [0.5, 0.6) is 0 Å². The number of carboxylic acids is 1. The molecule has 1 aliphatic rings. The predicted molar refractivity (Wildman–Crippen MR) is 65.5 cm³/mol. The van der Waals surface area contributed by atoms with Gasteiger partial charge in [-0.05, 0) is 30.5 Å². The first kappa shape index (κ1) is 14.9. The highest BCUT2D eigenvalue weighted by Crippen LogP contribution is 2.31. The van der Waals surface area contributed by atoms with Gasteiger partial charge in [-0.2, -0.15) is 4.31 Å². The molecule has 5 nitrogen and oxygen atoms in total. The summed E-state index contributed by atoms with van der Waals surface area (Å²) in [5.41, 5.74) is 0. The molecule has 1 aliphatic heterocycles. The smallest absolute Gasteiger partial charge is 0.322 e. The fourth-order valence-corrected chi connectivity index (χ4v) is 4.12. The molecule has 0 spiro atoms. The van der Waals surface area contributed by atoms with Gasteiger partial charge < -0.3 is 5.11 Å². The van der Waals surface area contributed by atoms with E-state index in [2.05, 4.69) is 0 Å². The van der Waals surface area contributed by atoms with Crippen LogP contribution in [0.3, 0.4) is 0 Å². The highest BCUT2D eigenvalue weighted by molar-refractivity contribution is 7.89. The van der Waals surface area contributed by atoms with Gasteiger partial charge in [-0.3, -0.25) is 4.79 Å². The van der Waals surface area contributed by atoms with Gasteiger partial charge >= 0.3 is 5.97 Å². The Bertz CT molecular complexity index is 647. The van der Waals surface area contributed by atoms with E-state index in [1.54, 1.807) is 6.92 Å². The van der Waals surface area contributed by atoms with Crippen molar-refractivity contribution < 1.29 is 27.1 Å². The summed E-state index contributed by atoms with van der Waals surface area (Å²) in [4.78, 5) is 10.3. The molecule has 0 bridgehead atoms. The Kier molecular flexibility index (Phi) is 3.79. The monoisotopic (exact) mass is 305 g/mol. The van der Waals surface area contributed by atoms with Crippen LogP contribution in [0.1, 0.15) is 13.3 Å². The second kappa shape index (κ2) is 5.10. The van der Waals surface area contributed by atoms with Crippen molar-refractivity contribution in [3.05, 3.63) is 29.8 Å². The summed E-state index contributed by atoms with van der Waals surface area (Å²) in [5, 5.41) is 9.11. The van der Waals surface area contributed by atoms with Gasteiger partial charge in [0.05, 0.1) is 0 Å². The first-order valence-electron chi connectivity index (χ1n) is 5.95. The minimum absolute atomic E-state index is 0.0313. The Morgan fingerprint density at radius 2 is 2.05 bits per heavy atom. The molecule has 1 aromatic rings. The summed E-state index contributed by atoms with van der Waals surface area (Å²) in [7, 11) is -4.38.